The van der Waals surface area contributed by atoms with Crippen molar-refractivity contribution in [1.82, 2.24) is 9.88 Å². The second kappa shape index (κ2) is 4.92. The van der Waals surface area contributed by atoms with Crippen LogP contribution in [0, 0.1) is 5.92 Å². The molecule has 1 aromatic rings. The highest BCUT2D eigenvalue weighted by molar-refractivity contribution is 5.19. The molecule has 4 nitrogen and oxygen atoms in total. The summed E-state index contributed by atoms with van der Waals surface area (Å²) in [5, 5.41) is 0. The molecule has 0 radical (unpaired) electrons. The van der Waals surface area contributed by atoms with Crippen LogP contribution in [0.15, 0.2) is 4.42 Å². The molecular formula is C14H22N2O2. The van der Waals surface area contributed by atoms with Gasteiger partial charge in [0.05, 0.1) is 12.8 Å². The molecule has 2 aliphatic rings. The fourth-order valence-corrected chi connectivity index (χ4v) is 3.52. The molecule has 18 heavy (non-hydrogen) atoms. The van der Waals surface area contributed by atoms with Crippen molar-refractivity contribution in [3.63, 3.8) is 0 Å². The molecule has 2 atom stereocenters. The van der Waals surface area contributed by atoms with Crippen molar-refractivity contribution in [1.29, 1.82) is 0 Å². The van der Waals surface area contributed by atoms with Gasteiger partial charge in [-0.05, 0) is 44.7 Å². The van der Waals surface area contributed by atoms with Gasteiger partial charge in [0.1, 0.15) is 5.76 Å². The average Bonchev–Trinajstić information content (AvgIpc) is 2.79. The Morgan fingerprint density at radius 3 is 3.11 bits per heavy atom. The quantitative estimate of drug-likeness (QED) is 0.825. The second-order valence-corrected chi connectivity index (χ2v) is 5.47. The predicted octanol–water partition coefficient (Wildman–Crippen LogP) is 2.27. The van der Waals surface area contributed by atoms with Crippen LogP contribution in [0.2, 0.25) is 0 Å². The molecule has 0 aromatic carbocycles. The first-order valence-corrected chi connectivity index (χ1v) is 7.08. The van der Waals surface area contributed by atoms with E-state index >= 15 is 0 Å². The molecular weight excluding hydrogens is 228 g/mol. The van der Waals surface area contributed by atoms with Crippen LogP contribution >= 0.6 is 0 Å². The summed E-state index contributed by atoms with van der Waals surface area (Å²) < 4.78 is 10.8. The van der Waals surface area contributed by atoms with Crippen molar-refractivity contribution in [3.8, 4) is 6.08 Å². The van der Waals surface area contributed by atoms with Crippen LogP contribution in [0.5, 0.6) is 6.08 Å². The van der Waals surface area contributed by atoms with E-state index in [-0.39, 0.29) is 0 Å². The number of hydrogen-bond acceptors (Lipinski definition) is 4. The van der Waals surface area contributed by atoms with E-state index in [1.807, 2.05) is 0 Å². The molecule has 1 saturated heterocycles. The third-order valence-electron chi connectivity index (χ3n) is 4.33. The summed E-state index contributed by atoms with van der Waals surface area (Å²) in [6.07, 6.45) is 6.39. The van der Waals surface area contributed by atoms with Gasteiger partial charge in [0.25, 0.3) is 0 Å². The van der Waals surface area contributed by atoms with Crippen molar-refractivity contribution in [3.05, 3.63) is 11.5 Å². The Morgan fingerprint density at radius 2 is 2.33 bits per heavy atom. The van der Waals surface area contributed by atoms with Gasteiger partial charge in [0.15, 0.2) is 0 Å². The Balaban J connectivity index is 1.82. The molecule has 1 fully saturated rings. The maximum Gasteiger partial charge on any atom is 0.393 e. The van der Waals surface area contributed by atoms with E-state index in [0.29, 0.717) is 12.1 Å². The lowest BCUT2D eigenvalue weighted by Crippen LogP contribution is -2.49. The Kier molecular flexibility index (Phi) is 3.29. The molecule has 0 amide bonds. The van der Waals surface area contributed by atoms with Crippen molar-refractivity contribution in [2.75, 3.05) is 20.2 Å². The van der Waals surface area contributed by atoms with Gasteiger partial charge in [-0.15, -0.1) is 0 Å². The summed E-state index contributed by atoms with van der Waals surface area (Å²) in [5.41, 5.74) is 1.13. The highest BCUT2D eigenvalue weighted by atomic mass is 16.6. The summed E-state index contributed by atoms with van der Waals surface area (Å²) in [6, 6.07) is 0.656. The van der Waals surface area contributed by atoms with Crippen molar-refractivity contribution < 1.29 is 9.15 Å². The zero-order valence-corrected chi connectivity index (χ0v) is 11.3. The number of fused-ring (bicyclic) bond motifs is 2. The van der Waals surface area contributed by atoms with Crippen LogP contribution in [0.4, 0.5) is 0 Å². The van der Waals surface area contributed by atoms with Crippen LogP contribution in [0.3, 0.4) is 0 Å². The maximum absolute atomic E-state index is 5.67. The van der Waals surface area contributed by atoms with E-state index in [9.17, 15) is 0 Å². The Labute approximate surface area is 108 Å². The molecule has 0 bridgehead atoms. The van der Waals surface area contributed by atoms with Crippen molar-refractivity contribution >= 4 is 0 Å². The minimum atomic E-state index is 0.431. The number of aromatic nitrogens is 1. The van der Waals surface area contributed by atoms with E-state index in [0.717, 1.165) is 30.2 Å². The third-order valence-corrected chi connectivity index (χ3v) is 4.33. The molecule has 0 spiro atoms. The molecule has 0 saturated carbocycles. The first-order valence-electron chi connectivity index (χ1n) is 7.08. The van der Waals surface area contributed by atoms with E-state index in [2.05, 4.69) is 16.8 Å². The Morgan fingerprint density at radius 1 is 1.44 bits per heavy atom. The smallest absolute Gasteiger partial charge is 0.393 e. The van der Waals surface area contributed by atoms with Crippen molar-refractivity contribution in [2.24, 2.45) is 5.92 Å². The topological polar surface area (TPSA) is 38.5 Å². The normalized spacial score (nSPS) is 27.7. The molecule has 1 aromatic heterocycles. The van der Waals surface area contributed by atoms with Gasteiger partial charge in [0.2, 0.25) is 0 Å². The number of rotatable bonds is 3. The predicted molar refractivity (Wildman–Crippen MR) is 68.8 cm³/mol. The first kappa shape index (κ1) is 12.0. The lowest BCUT2D eigenvalue weighted by atomic mass is 9.79. The van der Waals surface area contributed by atoms with Gasteiger partial charge in [-0.2, -0.15) is 4.98 Å². The van der Waals surface area contributed by atoms with Crippen LogP contribution in [0.25, 0.3) is 0 Å². The van der Waals surface area contributed by atoms with Gasteiger partial charge in [-0.1, -0.05) is 6.92 Å². The fraction of sp³-hybridized carbons (Fsp3) is 0.786. The third kappa shape index (κ3) is 2.03. The van der Waals surface area contributed by atoms with Crippen LogP contribution in [-0.2, 0) is 12.8 Å². The van der Waals surface area contributed by atoms with Gasteiger partial charge in [-0.3, -0.25) is 4.90 Å². The highest BCUT2D eigenvalue weighted by Crippen LogP contribution is 2.36. The monoisotopic (exact) mass is 250 g/mol. The van der Waals surface area contributed by atoms with Crippen LogP contribution in [-0.4, -0.2) is 36.1 Å². The second-order valence-electron chi connectivity index (χ2n) is 5.47. The number of oxazole rings is 1. The molecule has 2 heterocycles. The molecule has 0 N–H and O–H groups in total. The van der Waals surface area contributed by atoms with Gasteiger partial charge in [-0.25, -0.2) is 0 Å². The number of methoxy groups -OCH3 is 1. The number of nitrogens with zero attached hydrogens (tertiary/aromatic N) is 2. The molecule has 1 aliphatic carbocycles. The van der Waals surface area contributed by atoms with E-state index in [1.165, 1.54) is 32.4 Å². The van der Waals surface area contributed by atoms with E-state index in [1.54, 1.807) is 7.11 Å². The molecule has 0 unspecified atom stereocenters. The Hall–Kier alpha value is -1.03. The Bertz CT molecular complexity index is 414. The zero-order valence-electron chi connectivity index (χ0n) is 11.3. The molecule has 4 heteroatoms. The molecule has 1 aliphatic heterocycles. The van der Waals surface area contributed by atoms with Gasteiger partial charge >= 0.3 is 6.08 Å². The zero-order chi connectivity index (χ0) is 12.5. The van der Waals surface area contributed by atoms with Gasteiger partial charge < -0.3 is 9.15 Å². The average molecular weight is 250 g/mol. The summed E-state index contributed by atoms with van der Waals surface area (Å²) in [7, 11) is 1.62. The number of ether oxygens (including phenoxy) is 1. The fourth-order valence-electron chi connectivity index (χ4n) is 3.52. The van der Waals surface area contributed by atoms with E-state index in [4.69, 9.17) is 9.15 Å². The minimum absolute atomic E-state index is 0.431. The SMILES string of the molecule is CCCN1CCC[C@@H]2Cc3nc(OC)oc3C[C@H]21. The van der Waals surface area contributed by atoms with Crippen LogP contribution < -0.4 is 4.74 Å². The molecule has 100 valence electrons. The summed E-state index contributed by atoms with van der Waals surface area (Å²) in [4.78, 5) is 7.07. The minimum Gasteiger partial charge on any atom is -0.454 e. The summed E-state index contributed by atoms with van der Waals surface area (Å²) in [6.45, 7) is 4.72. The first-order chi connectivity index (χ1) is 8.81. The summed E-state index contributed by atoms with van der Waals surface area (Å²) in [5.74, 6) is 1.81. The maximum atomic E-state index is 5.67. The summed E-state index contributed by atoms with van der Waals surface area (Å²) >= 11 is 0. The lowest BCUT2D eigenvalue weighted by molar-refractivity contribution is 0.0792. The van der Waals surface area contributed by atoms with E-state index < -0.39 is 0 Å². The number of piperidine rings is 1. The lowest BCUT2D eigenvalue weighted by Gasteiger charge is -2.43. The number of likely N-dealkylation sites (tertiary alicyclic amines) is 1. The van der Waals surface area contributed by atoms with Gasteiger partial charge in [0, 0.05) is 12.5 Å². The standard InChI is InChI=1S/C14H22N2O2/c1-3-6-16-7-4-5-10-8-11-13(9-12(10)16)18-14(15-11)17-2/h10,12H,3-9H2,1-2H3/t10-,12-/m1/s1. The van der Waals surface area contributed by atoms with Crippen LogP contribution in [0.1, 0.15) is 37.6 Å². The highest BCUT2D eigenvalue weighted by Gasteiger charge is 2.37. The molecule has 3 rings (SSSR count). The van der Waals surface area contributed by atoms with Crippen molar-refractivity contribution in [2.45, 2.75) is 45.1 Å². The largest absolute Gasteiger partial charge is 0.454 e. The number of hydrogen-bond donors (Lipinski definition) is 0.